The number of aryl methyl sites for hydroxylation is 4. The highest BCUT2D eigenvalue weighted by atomic mass is 32.2. The number of carbonyl (C=O) groups excluding carboxylic acids is 1. The third-order valence-corrected chi connectivity index (χ3v) is 7.53. The number of hydrogen-bond donors (Lipinski definition) is 4. The summed E-state index contributed by atoms with van der Waals surface area (Å²) in [7, 11) is -3.92. The van der Waals surface area contributed by atoms with Crippen molar-refractivity contribution in [2.45, 2.75) is 45.4 Å². The van der Waals surface area contributed by atoms with Crippen LogP contribution in [0.2, 0.25) is 0 Å². The van der Waals surface area contributed by atoms with Gasteiger partial charge in [0.1, 0.15) is 5.69 Å². The lowest BCUT2D eigenvalue weighted by Crippen LogP contribution is -2.40. The number of nitrogens with one attached hydrogen (secondary N) is 3. The molecule has 10 heteroatoms. The Morgan fingerprint density at radius 2 is 1.69 bits per heavy atom. The van der Waals surface area contributed by atoms with Gasteiger partial charge in [-0.3, -0.25) is 5.21 Å². The number of urea groups is 1. The number of H-pyrrole nitrogens is 1. The number of rotatable bonds is 7. The maximum atomic E-state index is 12.4. The summed E-state index contributed by atoms with van der Waals surface area (Å²) in [6.45, 7) is 7.93. The SMILES string of the molecule is CCc1[nH]c2c(C)[n+](O)c(C)cc2[n+]1-c1ccc(CCNC(=O)NS(=O)(=O)c2ccc(C)cc2)cc1. The summed E-state index contributed by atoms with van der Waals surface area (Å²) in [5.74, 6) is 1.01. The second kappa shape index (κ2) is 9.98. The van der Waals surface area contributed by atoms with Gasteiger partial charge in [-0.05, 0) is 43.2 Å². The van der Waals surface area contributed by atoms with E-state index in [1.165, 1.54) is 16.9 Å². The number of aromatic nitrogens is 3. The molecule has 2 aromatic heterocycles. The zero-order valence-electron chi connectivity index (χ0n) is 20.8. The van der Waals surface area contributed by atoms with E-state index in [1.807, 2.05) is 55.8 Å². The first-order valence-corrected chi connectivity index (χ1v) is 13.2. The average molecular weight is 510 g/mol. The zero-order valence-corrected chi connectivity index (χ0v) is 21.6. The van der Waals surface area contributed by atoms with Gasteiger partial charge in [-0.2, -0.15) is 4.57 Å². The van der Waals surface area contributed by atoms with Gasteiger partial charge in [0.15, 0.2) is 5.52 Å². The van der Waals surface area contributed by atoms with E-state index >= 15 is 0 Å². The molecule has 4 rings (SSSR count). The Morgan fingerprint density at radius 1 is 1.03 bits per heavy atom. The van der Waals surface area contributed by atoms with E-state index in [4.69, 9.17) is 0 Å². The van der Waals surface area contributed by atoms with Crippen LogP contribution in [0.5, 0.6) is 0 Å². The highest BCUT2D eigenvalue weighted by Gasteiger charge is 2.27. The third-order valence-electron chi connectivity index (χ3n) is 6.18. The van der Waals surface area contributed by atoms with E-state index < -0.39 is 16.1 Å². The van der Waals surface area contributed by atoms with Crippen molar-refractivity contribution >= 4 is 27.1 Å². The van der Waals surface area contributed by atoms with Gasteiger partial charge in [-0.25, -0.2) is 22.9 Å². The lowest BCUT2D eigenvalue weighted by Gasteiger charge is -2.09. The van der Waals surface area contributed by atoms with Crippen LogP contribution >= 0.6 is 0 Å². The second-order valence-electron chi connectivity index (χ2n) is 8.79. The molecule has 0 radical (unpaired) electrons. The van der Waals surface area contributed by atoms with E-state index in [0.717, 1.165) is 51.5 Å². The number of carbonyl (C=O) groups is 1. The quantitative estimate of drug-likeness (QED) is 0.226. The minimum Gasteiger partial charge on any atom is -0.337 e. The molecule has 4 aromatic rings. The summed E-state index contributed by atoms with van der Waals surface area (Å²) in [4.78, 5) is 15.6. The Hall–Kier alpha value is -3.92. The molecule has 0 unspecified atom stereocenters. The Labute approximate surface area is 210 Å². The molecule has 2 aromatic carbocycles. The minimum atomic E-state index is -3.92. The molecule has 0 spiro atoms. The van der Waals surface area contributed by atoms with E-state index in [2.05, 4.69) is 21.8 Å². The van der Waals surface area contributed by atoms with E-state index in [9.17, 15) is 18.4 Å². The molecule has 0 aliphatic carbocycles. The van der Waals surface area contributed by atoms with Crippen LogP contribution in [0.3, 0.4) is 0 Å². The van der Waals surface area contributed by atoms with E-state index in [1.54, 1.807) is 12.1 Å². The van der Waals surface area contributed by atoms with Crippen molar-refractivity contribution in [3.8, 4) is 5.69 Å². The predicted molar refractivity (Wildman–Crippen MR) is 135 cm³/mol. The molecule has 188 valence electrons. The van der Waals surface area contributed by atoms with Gasteiger partial charge in [0.2, 0.25) is 11.2 Å². The van der Waals surface area contributed by atoms with Crippen molar-refractivity contribution in [3.05, 3.63) is 82.9 Å². The third kappa shape index (κ3) is 5.03. The van der Waals surface area contributed by atoms with Crippen LogP contribution in [0.25, 0.3) is 16.7 Å². The van der Waals surface area contributed by atoms with Gasteiger partial charge in [-0.15, -0.1) is 0 Å². The van der Waals surface area contributed by atoms with Crippen molar-refractivity contribution in [3.63, 3.8) is 0 Å². The molecule has 0 bridgehead atoms. The number of hydrogen-bond acceptors (Lipinski definition) is 4. The Morgan fingerprint density at radius 3 is 2.33 bits per heavy atom. The summed E-state index contributed by atoms with van der Waals surface area (Å²) in [5, 5.41) is 12.9. The molecule has 0 atom stereocenters. The Kier molecular flexibility index (Phi) is 6.98. The minimum absolute atomic E-state index is 0.0410. The van der Waals surface area contributed by atoms with Gasteiger partial charge >= 0.3 is 6.03 Å². The van der Waals surface area contributed by atoms with Crippen LogP contribution in [0, 0.1) is 20.8 Å². The molecule has 2 amide bonds. The number of fused-ring (bicyclic) bond motifs is 1. The molecule has 0 aliphatic heterocycles. The predicted octanol–water partition coefficient (Wildman–Crippen LogP) is 2.69. The van der Waals surface area contributed by atoms with Crippen molar-refractivity contribution < 1.29 is 27.7 Å². The molecule has 0 saturated carbocycles. The van der Waals surface area contributed by atoms with Gasteiger partial charge in [-0.1, -0.05) is 36.8 Å². The topological polar surface area (TPSA) is 119 Å². The first-order chi connectivity index (χ1) is 17.1. The maximum Gasteiger partial charge on any atom is 0.328 e. The van der Waals surface area contributed by atoms with Crippen LogP contribution in [-0.4, -0.2) is 31.2 Å². The van der Waals surface area contributed by atoms with E-state index in [-0.39, 0.29) is 11.4 Å². The molecule has 9 nitrogen and oxygen atoms in total. The van der Waals surface area contributed by atoms with Crippen LogP contribution in [0.15, 0.2) is 59.5 Å². The van der Waals surface area contributed by atoms with Gasteiger partial charge in [0.25, 0.3) is 21.5 Å². The summed E-state index contributed by atoms with van der Waals surface area (Å²) >= 11 is 0. The fraction of sp³-hybridized carbons (Fsp3) is 0.269. The average Bonchev–Trinajstić information content (AvgIpc) is 3.21. The summed E-state index contributed by atoms with van der Waals surface area (Å²) < 4.78 is 30.1. The molecule has 0 aliphatic rings. The summed E-state index contributed by atoms with van der Waals surface area (Å²) in [6, 6.07) is 15.5. The van der Waals surface area contributed by atoms with Gasteiger partial charge in [0.05, 0.1) is 11.0 Å². The van der Waals surface area contributed by atoms with Gasteiger partial charge < -0.3 is 5.32 Å². The maximum absolute atomic E-state index is 12.4. The highest BCUT2D eigenvalue weighted by molar-refractivity contribution is 7.90. The van der Waals surface area contributed by atoms with Crippen LogP contribution in [0.1, 0.15) is 35.3 Å². The molecule has 0 saturated heterocycles. The number of benzene rings is 2. The smallest absolute Gasteiger partial charge is 0.328 e. The Balaban J connectivity index is 1.43. The lowest BCUT2D eigenvalue weighted by atomic mass is 10.1. The standard InChI is InChI=1S/C26H29N5O4S/c1-5-24-28-25-19(4)31(33)18(3)16-23(25)30(24)21-10-8-20(9-11-21)14-15-27-26(32)29-36(34,35)22-12-6-17(2)7-13-22/h6-13,16H,5,14-15H2,1-4H3,(H2-,27,29,32,33)/p+2. The van der Waals surface area contributed by atoms with Crippen molar-refractivity contribution in [1.29, 1.82) is 0 Å². The molecular weight excluding hydrogens is 478 g/mol. The molecule has 36 heavy (non-hydrogen) atoms. The first-order valence-electron chi connectivity index (χ1n) is 11.8. The summed E-state index contributed by atoms with van der Waals surface area (Å²) in [6.07, 6.45) is 1.32. The normalized spacial score (nSPS) is 11.6. The second-order valence-corrected chi connectivity index (χ2v) is 10.5. The number of amides is 2. The molecule has 0 fully saturated rings. The monoisotopic (exact) mass is 509 g/mol. The van der Waals surface area contributed by atoms with Crippen LogP contribution in [0.4, 0.5) is 4.79 Å². The molecular formula is C26H31N5O4S+2. The zero-order chi connectivity index (χ0) is 26.0. The lowest BCUT2D eigenvalue weighted by molar-refractivity contribution is -0.912. The Bertz CT molecular complexity index is 1530. The molecule has 4 N–H and O–H groups in total. The van der Waals surface area contributed by atoms with Crippen LogP contribution in [-0.2, 0) is 22.9 Å². The molecule has 2 heterocycles. The fourth-order valence-electron chi connectivity index (χ4n) is 4.17. The van der Waals surface area contributed by atoms with Crippen molar-refractivity contribution in [2.75, 3.05) is 6.54 Å². The number of pyridine rings is 1. The number of imidazole rings is 1. The largest absolute Gasteiger partial charge is 0.337 e. The van der Waals surface area contributed by atoms with E-state index in [0.29, 0.717) is 6.42 Å². The van der Waals surface area contributed by atoms with Gasteiger partial charge in [0, 0.05) is 31.5 Å². The number of nitrogens with zero attached hydrogens (tertiary/aromatic N) is 2. The summed E-state index contributed by atoms with van der Waals surface area (Å²) in [5.41, 5.74) is 6.24. The van der Waals surface area contributed by atoms with Crippen molar-refractivity contribution in [1.82, 2.24) is 15.0 Å². The first kappa shape index (κ1) is 25.2. The number of aromatic amines is 1. The van der Waals surface area contributed by atoms with Crippen LogP contribution < -0.4 is 19.3 Å². The fourth-order valence-corrected chi connectivity index (χ4v) is 5.10. The van der Waals surface area contributed by atoms with Crippen molar-refractivity contribution in [2.24, 2.45) is 0 Å². The highest BCUT2D eigenvalue weighted by Crippen LogP contribution is 2.17. The number of sulfonamides is 1.